The molecule has 0 aliphatic carbocycles. The molecule has 1 N–H and O–H groups in total. The fourth-order valence-electron chi connectivity index (χ4n) is 3.41. The van der Waals surface area contributed by atoms with Crippen molar-refractivity contribution in [3.63, 3.8) is 0 Å². The Morgan fingerprint density at radius 3 is 2.75 bits per heavy atom. The van der Waals surface area contributed by atoms with Crippen LogP contribution in [0, 0.1) is 19.8 Å². The predicted molar refractivity (Wildman–Crippen MR) is 96.2 cm³/mol. The molecule has 1 aromatic carbocycles. The van der Waals surface area contributed by atoms with E-state index >= 15 is 0 Å². The van der Waals surface area contributed by atoms with E-state index in [-0.39, 0.29) is 11.9 Å². The average Bonchev–Trinajstić information content (AvgIpc) is 3.19. The number of nitrogens with one attached hydrogen (secondary N) is 1. The van der Waals surface area contributed by atoms with Gasteiger partial charge >= 0.3 is 0 Å². The van der Waals surface area contributed by atoms with Crippen molar-refractivity contribution < 1.29 is 4.79 Å². The first-order valence-electron chi connectivity index (χ1n) is 8.65. The SMILES string of the molecule is Cc1cc(C)n([C@H](C)C(=O)NC[C@@H]2CCN(c3ccccc3)C2)n1. The van der Waals surface area contributed by atoms with E-state index in [1.54, 1.807) is 4.68 Å². The molecule has 0 spiro atoms. The van der Waals surface area contributed by atoms with Crippen LogP contribution in [0.2, 0.25) is 0 Å². The highest BCUT2D eigenvalue weighted by atomic mass is 16.2. The predicted octanol–water partition coefficient (Wildman–Crippen LogP) is 2.70. The fraction of sp³-hybridized carbons (Fsp3) is 0.474. The minimum absolute atomic E-state index is 0.0411. The highest BCUT2D eigenvalue weighted by Crippen LogP contribution is 2.23. The Labute approximate surface area is 143 Å². The number of amides is 1. The van der Waals surface area contributed by atoms with Crippen LogP contribution in [0.5, 0.6) is 0 Å². The Kier molecular flexibility index (Phi) is 4.88. The van der Waals surface area contributed by atoms with Crippen molar-refractivity contribution in [2.24, 2.45) is 5.92 Å². The molecule has 2 heterocycles. The summed E-state index contributed by atoms with van der Waals surface area (Å²) in [4.78, 5) is 14.8. The molecule has 1 aromatic heterocycles. The van der Waals surface area contributed by atoms with Gasteiger partial charge in [-0.1, -0.05) is 18.2 Å². The largest absolute Gasteiger partial charge is 0.371 e. The van der Waals surface area contributed by atoms with E-state index in [0.29, 0.717) is 5.92 Å². The number of rotatable bonds is 5. The van der Waals surface area contributed by atoms with E-state index in [9.17, 15) is 4.79 Å². The molecule has 5 nitrogen and oxygen atoms in total. The molecule has 24 heavy (non-hydrogen) atoms. The maximum Gasteiger partial charge on any atom is 0.244 e. The number of aryl methyl sites for hydroxylation is 2. The lowest BCUT2D eigenvalue weighted by Crippen LogP contribution is -2.36. The third-order valence-corrected chi connectivity index (χ3v) is 4.76. The first-order chi connectivity index (χ1) is 11.5. The molecule has 1 saturated heterocycles. The molecule has 1 aliphatic heterocycles. The average molecular weight is 326 g/mol. The summed E-state index contributed by atoms with van der Waals surface area (Å²) in [5.41, 5.74) is 3.23. The van der Waals surface area contributed by atoms with Crippen molar-refractivity contribution in [2.75, 3.05) is 24.5 Å². The Morgan fingerprint density at radius 2 is 2.08 bits per heavy atom. The zero-order valence-electron chi connectivity index (χ0n) is 14.7. The van der Waals surface area contributed by atoms with E-state index < -0.39 is 0 Å². The molecule has 2 aromatic rings. The Balaban J connectivity index is 1.51. The third kappa shape index (κ3) is 3.61. The normalized spacial score (nSPS) is 18.6. The van der Waals surface area contributed by atoms with Gasteiger partial charge in [0.05, 0.1) is 5.69 Å². The van der Waals surface area contributed by atoms with Crippen molar-refractivity contribution in [3.05, 3.63) is 47.8 Å². The summed E-state index contributed by atoms with van der Waals surface area (Å²) >= 11 is 0. The van der Waals surface area contributed by atoms with E-state index in [0.717, 1.165) is 37.4 Å². The second-order valence-electron chi connectivity index (χ2n) is 6.73. The molecular formula is C19H26N4O. The number of nitrogens with zero attached hydrogens (tertiary/aromatic N) is 3. The minimum atomic E-state index is -0.273. The fourth-order valence-corrected chi connectivity index (χ4v) is 3.41. The van der Waals surface area contributed by atoms with Crippen LogP contribution in [-0.2, 0) is 4.79 Å². The molecule has 1 fully saturated rings. The van der Waals surface area contributed by atoms with E-state index in [2.05, 4.69) is 39.6 Å². The summed E-state index contributed by atoms with van der Waals surface area (Å²) in [5, 5.41) is 7.52. The Hall–Kier alpha value is -2.30. The van der Waals surface area contributed by atoms with Gasteiger partial charge in [0.25, 0.3) is 0 Å². The number of para-hydroxylation sites is 1. The number of carbonyl (C=O) groups is 1. The number of hydrogen-bond acceptors (Lipinski definition) is 3. The minimum Gasteiger partial charge on any atom is -0.371 e. The van der Waals surface area contributed by atoms with Gasteiger partial charge in [-0.25, -0.2) is 0 Å². The van der Waals surface area contributed by atoms with Gasteiger partial charge in [0, 0.05) is 31.0 Å². The van der Waals surface area contributed by atoms with Crippen molar-refractivity contribution in [1.82, 2.24) is 15.1 Å². The zero-order chi connectivity index (χ0) is 17.1. The van der Waals surface area contributed by atoms with Gasteiger partial charge in [-0.15, -0.1) is 0 Å². The molecule has 2 atom stereocenters. The lowest BCUT2D eigenvalue weighted by Gasteiger charge is -2.19. The molecule has 0 bridgehead atoms. The molecule has 128 valence electrons. The first-order valence-corrected chi connectivity index (χ1v) is 8.65. The molecular weight excluding hydrogens is 300 g/mol. The van der Waals surface area contributed by atoms with Gasteiger partial charge < -0.3 is 10.2 Å². The van der Waals surface area contributed by atoms with Crippen LogP contribution in [-0.4, -0.2) is 35.3 Å². The van der Waals surface area contributed by atoms with Crippen LogP contribution in [0.3, 0.4) is 0 Å². The monoisotopic (exact) mass is 326 g/mol. The standard InChI is InChI=1S/C19H26N4O/c1-14-11-15(2)23(21-14)16(3)19(24)20-12-17-9-10-22(13-17)18-7-5-4-6-8-18/h4-8,11,16-17H,9-10,12-13H2,1-3H3,(H,20,24)/t16-,17+/m1/s1. The smallest absolute Gasteiger partial charge is 0.244 e. The van der Waals surface area contributed by atoms with Crippen molar-refractivity contribution >= 4 is 11.6 Å². The van der Waals surface area contributed by atoms with Crippen LogP contribution in [0.15, 0.2) is 36.4 Å². The van der Waals surface area contributed by atoms with Crippen LogP contribution in [0.25, 0.3) is 0 Å². The highest BCUT2D eigenvalue weighted by molar-refractivity contribution is 5.79. The Bertz CT molecular complexity index is 695. The lowest BCUT2D eigenvalue weighted by atomic mass is 10.1. The van der Waals surface area contributed by atoms with Crippen molar-refractivity contribution in [1.29, 1.82) is 0 Å². The van der Waals surface area contributed by atoms with Gasteiger partial charge in [0.15, 0.2) is 0 Å². The number of benzene rings is 1. The first kappa shape index (κ1) is 16.6. The van der Waals surface area contributed by atoms with Gasteiger partial charge in [0.1, 0.15) is 6.04 Å². The van der Waals surface area contributed by atoms with Crippen molar-refractivity contribution in [3.8, 4) is 0 Å². The summed E-state index contributed by atoms with van der Waals surface area (Å²) in [6.07, 6.45) is 1.11. The van der Waals surface area contributed by atoms with Crippen molar-refractivity contribution in [2.45, 2.75) is 33.2 Å². The van der Waals surface area contributed by atoms with Gasteiger partial charge in [-0.3, -0.25) is 9.48 Å². The second-order valence-corrected chi connectivity index (χ2v) is 6.73. The van der Waals surface area contributed by atoms with Crippen LogP contribution >= 0.6 is 0 Å². The summed E-state index contributed by atoms with van der Waals surface area (Å²) in [7, 11) is 0. The summed E-state index contributed by atoms with van der Waals surface area (Å²) in [6.45, 7) is 8.62. The van der Waals surface area contributed by atoms with E-state index in [1.807, 2.05) is 32.9 Å². The van der Waals surface area contributed by atoms with Gasteiger partial charge in [0.2, 0.25) is 5.91 Å². The quantitative estimate of drug-likeness (QED) is 0.919. The van der Waals surface area contributed by atoms with E-state index in [1.165, 1.54) is 5.69 Å². The molecule has 1 aliphatic rings. The number of anilines is 1. The molecule has 1 amide bonds. The zero-order valence-corrected chi connectivity index (χ0v) is 14.7. The second kappa shape index (κ2) is 7.07. The summed E-state index contributed by atoms with van der Waals surface area (Å²) in [5.74, 6) is 0.543. The van der Waals surface area contributed by atoms with Crippen LogP contribution in [0.4, 0.5) is 5.69 Å². The lowest BCUT2D eigenvalue weighted by molar-refractivity contribution is -0.124. The maximum atomic E-state index is 12.4. The highest BCUT2D eigenvalue weighted by Gasteiger charge is 2.24. The third-order valence-electron chi connectivity index (χ3n) is 4.76. The maximum absolute atomic E-state index is 12.4. The topological polar surface area (TPSA) is 50.2 Å². The molecule has 5 heteroatoms. The molecule has 0 unspecified atom stereocenters. The molecule has 3 rings (SSSR count). The number of carbonyl (C=O) groups excluding carboxylic acids is 1. The van der Waals surface area contributed by atoms with Gasteiger partial charge in [-0.05, 0) is 51.3 Å². The summed E-state index contributed by atoms with van der Waals surface area (Å²) < 4.78 is 1.80. The Morgan fingerprint density at radius 1 is 1.33 bits per heavy atom. The molecule has 0 saturated carbocycles. The van der Waals surface area contributed by atoms with E-state index in [4.69, 9.17) is 0 Å². The number of aromatic nitrogens is 2. The number of hydrogen-bond donors (Lipinski definition) is 1. The molecule has 0 radical (unpaired) electrons. The van der Waals surface area contributed by atoms with Gasteiger partial charge in [-0.2, -0.15) is 5.10 Å². The van der Waals surface area contributed by atoms with Crippen LogP contribution < -0.4 is 10.2 Å². The van der Waals surface area contributed by atoms with Crippen LogP contribution in [0.1, 0.15) is 30.8 Å². The summed E-state index contributed by atoms with van der Waals surface area (Å²) in [6, 6.07) is 12.2.